The fourth-order valence-corrected chi connectivity index (χ4v) is 4.17. The Morgan fingerprint density at radius 1 is 1.03 bits per heavy atom. The Morgan fingerprint density at radius 3 is 2.41 bits per heavy atom. The number of aryl methyl sites for hydroxylation is 1. The summed E-state index contributed by atoms with van der Waals surface area (Å²) in [6, 6.07) is 14.1. The maximum Gasteiger partial charge on any atom is 0.257 e. The number of rotatable bonds is 8. The molecule has 1 aliphatic heterocycles. The third-order valence-corrected chi connectivity index (χ3v) is 6.25. The second kappa shape index (κ2) is 10.5. The van der Waals surface area contributed by atoms with Crippen LogP contribution in [0.15, 0.2) is 48.7 Å². The maximum atomic E-state index is 13.2. The van der Waals surface area contributed by atoms with Gasteiger partial charge in [0.25, 0.3) is 5.91 Å². The predicted octanol–water partition coefficient (Wildman–Crippen LogP) is 4.38. The van der Waals surface area contributed by atoms with Crippen LogP contribution in [0.25, 0.3) is 11.3 Å². The molecule has 0 unspecified atom stereocenters. The largest absolute Gasteiger partial charge is 0.493 e. The lowest BCUT2D eigenvalue weighted by atomic mass is 10.0. The van der Waals surface area contributed by atoms with Gasteiger partial charge in [0.15, 0.2) is 11.5 Å². The standard InChI is InChI=1S/C27H32N4O3/c1-19-7-10-21(11-8-19)25-22(26(32)31-14-5-6-15-31)18-28-27(29-25)30(2)16-13-20-9-12-23(33-3)24(17-20)34-4/h7-12,17-18H,5-6,13-16H2,1-4H3. The lowest BCUT2D eigenvalue weighted by Gasteiger charge is -2.21. The molecule has 178 valence electrons. The number of benzene rings is 2. The van der Waals surface area contributed by atoms with Crippen LogP contribution in [0.3, 0.4) is 0 Å². The van der Waals surface area contributed by atoms with E-state index in [1.165, 1.54) is 0 Å². The van der Waals surface area contributed by atoms with Gasteiger partial charge in [-0.25, -0.2) is 9.97 Å². The number of nitrogens with zero attached hydrogens (tertiary/aromatic N) is 4. The van der Waals surface area contributed by atoms with Crippen molar-refractivity contribution >= 4 is 11.9 Å². The Morgan fingerprint density at radius 2 is 1.74 bits per heavy atom. The molecule has 1 saturated heterocycles. The molecule has 1 aromatic heterocycles. The summed E-state index contributed by atoms with van der Waals surface area (Å²) in [5.41, 5.74) is 4.45. The molecule has 34 heavy (non-hydrogen) atoms. The first-order chi connectivity index (χ1) is 16.5. The minimum Gasteiger partial charge on any atom is -0.493 e. The summed E-state index contributed by atoms with van der Waals surface area (Å²) in [7, 11) is 5.24. The van der Waals surface area contributed by atoms with E-state index < -0.39 is 0 Å². The van der Waals surface area contributed by atoms with E-state index in [0.717, 1.165) is 49.0 Å². The number of likely N-dealkylation sites (N-methyl/N-ethyl adjacent to an activating group) is 1. The molecule has 2 aromatic carbocycles. The van der Waals surface area contributed by atoms with Gasteiger partial charge in [0.05, 0.1) is 25.5 Å². The molecule has 1 fully saturated rings. The molecular weight excluding hydrogens is 428 g/mol. The van der Waals surface area contributed by atoms with Crippen LogP contribution in [0.4, 0.5) is 5.95 Å². The van der Waals surface area contributed by atoms with Crippen LogP contribution in [0.2, 0.25) is 0 Å². The third kappa shape index (κ3) is 5.14. The summed E-state index contributed by atoms with van der Waals surface area (Å²) in [4.78, 5) is 26.6. The lowest BCUT2D eigenvalue weighted by molar-refractivity contribution is 0.0793. The number of hydrogen-bond acceptors (Lipinski definition) is 6. The summed E-state index contributed by atoms with van der Waals surface area (Å²) in [5, 5.41) is 0. The van der Waals surface area contributed by atoms with Crippen molar-refractivity contribution in [3.05, 3.63) is 65.4 Å². The highest BCUT2D eigenvalue weighted by atomic mass is 16.5. The number of hydrogen-bond donors (Lipinski definition) is 0. The molecule has 0 atom stereocenters. The number of methoxy groups -OCH3 is 2. The molecule has 3 aromatic rings. The van der Waals surface area contributed by atoms with Crippen molar-refractivity contribution in [1.82, 2.24) is 14.9 Å². The van der Waals surface area contributed by atoms with Gasteiger partial charge in [0.1, 0.15) is 0 Å². The fraction of sp³-hybridized carbons (Fsp3) is 0.370. The van der Waals surface area contributed by atoms with Crippen molar-refractivity contribution in [3.63, 3.8) is 0 Å². The Balaban J connectivity index is 1.58. The van der Waals surface area contributed by atoms with Gasteiger partial charge in [-0.3, -0.25) is 4.79 Å². The Labute approximate surface area is 201 Å². The van der Waals surface area contributed by atoms with Crippen molar-refractivity contribution in [2.24, 2.45) is 0 Å². The second-order valence-corrected chi connectivity index (χ2v) is 8.66. The smallest absolute Gasteiger partial charge is 0.257 e. The summed E-state index contributed by atoms with van der Waals surface area (Å²) < 4.78 is 10.7. The fourth-order valence-electron chi connectivity index (χ4n) is 4.17. The minimum absolute atomic E-state index is 0.00704. The van der Waals surface area contributed by atoms with E-state index in [0.29, 0.717) is 35.2 Å². The average Bonchev–Trinajstić information content (AvgIpc) is 3.42. The molecule has 0 radical (unpaired) electrons. The molecule has 7 heteroatoms. The quantitative estimate of drug-likeness (QED) is 0.497. The van der Waals surface area contributed by atoms with Gasteiger partial charge in [-0.05, 0) is 43.9 Å². The number of amides is 1. The Kier molecular flexibility index (Phi) is 7.30. The van der Waals surface area contributed by atoms with Crippen molar-refractivity contribution < 1.29 is 14.3 Å². The lowest BCUT2D eigenvalue weighted by Crippen LogP contribution is -2.29. The van der Waals surface area contributed by atoms with Gasteiger partial charge in [-0.1, -0.05) is 35.9 Å². The average molecular weight is 461 g/mol. The first-order valence-electron chi connectivity index (χ1n) is 11.7. The summed E-state index contributed by atoms with van der Waals surface area (Å²) in [6.07, 6.45) is 4.56. The zero-order valence-electron chi connectivity index (χ0n) is 20.4. The van der Waals surface area contributed by atoms with Gasteiger partial charge in [-0.15, -0.1) is 0 Å². The van der Waals surface area contributed by atoms with E-state index in [1.807, 2.05) is 66.2 Å². The minimum atomic E-state index is 0.00704. The van der Waals surface area contributed by atoms with Crippen molar-refractivity contribution in [3.8, 4) is 22.8 Å². The SMILES string of the molecule is COc1ccc(CCN(C)c2ncc(C(=O)N3CCCC3)c(-c3ccc(C)cc3)n2)cc1OC. The number of carbonyl (C=O) groups excluding carboxylic acids is 1. The molecule has 1 amide bonds. The highest BCUT2D eigenvalue weighted by Gasteiger charge is 2.24. The molecule has 0 saturated carbocycles. The number of ether oxygens (including phenoxy) is 2. The van der Waals surface area contributed by atoms with E-state index in [1.54, 1.807) is 20.4 Å². The van der Waals surface area contributed by atoms with Crippen LogP contribution in [-0.2, 0) is 6.42 Å². The molecule has 2 heterocycles. The monoisotopic (exact) mass is 460 g/mol. The van der Waals surface area contributed by atoms with Crippen LogP contribution >= 0.6 is 0 Å². The molecule has 7 nitrogen and oxygen atoms in total. The number of likely N-dealkylation sites (tertiary alicyclic amines) is 1. The first kappa shape index (κ1) is 23.5. The predicted molar refractivity (Wildman–Crippen MR) is 134 cm³/mol. The van der Waals surface area contributed by atoms with E-state index in [4.69, 9.17) is 14.5 Å². The summed E-state index contributed by atoms with van der Waals surface area (Å²) in [5.74, 6) is 2.02. The van der Waals surface area contributed by atoms with Gasteiger partial charge in [0.2, 0.25) is 5.95 Å². The normalized spacial score (nSPS) is 13.1. The third-order valence-electron chi connectivity index (χ3n) is 6.25. The zero-order chi connectivity index (χ0) is 24.1. The summed E-state index contributed by atoms with van der Waals surface area (Å²) in [6.45, 7) is 4.34. The molecule has 0 N–H and O–H groups in total. The highest BCUT2D eigenvalue weighted by Crippen LogP contribution is 2.29. The van der Waals surface area contributed by atoms with Gasteiger partial charge < -0.3 is 19.3 Å². The molecule has 0 spiro atoms. The molecule has 4 rings (SSSR count). The van der Waals surface area contributed by atoms with Crippen LogP contribution in [-0.4, -0.2) is 61.7 Å². The number of anilines is 1. The van der Waals surface area contributed by atoms with E-state index in [9.17, 15) is 4.79 Å². The maximum absolute atomic E-state index is 13.2. The molecule has 0 bridgehead atoms. The molecule has 1 aliphatic rings. The van der Waals surface area contributed by atoms with Gasteiger partial charge in [-0.2, -0.15) is 0 Å². The summed E-state index contributed by atoms with van der Waals surface area (Å²) >= 11 is 0. The molecular formula is C27H32N4O3. The van der Waals surface area contributed by atoms with Crippen LogP contribution in [0.5, 0.6) is 11.5 Å². The van der Waals surface area contributed by atoms with Crippen LogP contribution in [0, 0.1) is 6.92 Å². The van der Waals surface area contributed by atoms with Crippen LogP contribution in [0.1, 0.15) is 34.3 Å². The van der Waals surface area contributed by atoms with E-state index >= 15 is 0 Å². The molecule has 0 aliphatic carbocycles. The first-order valence-corrected chi connectivity index (χ1v) is 11.7. The van der Waals surface area contributed by atoms with E-state index in [-0.39, 0.29) is 5.91 Å². The number of carbonyl (C=O) groups is 1. The van der Waals surface area contributed by atoms with Crippen LogP contribution < -0.4 is 14.4 Å². The van der Waals surface area contributed by atoms with Crippen molar-refractivity contribution in [2.45, 2.75) is 26.2 Å². The zero-order valence-corrected chi connectivity index (χ0v) is 20.4. The Hall–Kier alpha value is -3.61. The topological polar surface area (TPSA) is 67.8 Å². The van der Waals surface area contributed by atoms with E-state index in [2.05, 4.69) is 4.98 Å². The number of aromatic nitrogens is 2. The van der Waals surface area contributed by atoms with Crippen molar-refractivity contribution in [2.75, 3.05) is 45.8 Å². The van der Waals surface area contributed by atoms with Gasteiger partial charge in [0, 0.05) is 38.4 Å². The van der Waals surface area contributed by atoms with Crippen molar-refractivity contribution in [1.29, 1.82) is 0 Å². The second-order valence-electron chi connectivity index (χ2n) is 8.66. The van der Waals surface area contributed by atoms with Gasteiger partial charge >= 0.3 is 0 Å². The Bertz CT molecular complexity index is 1140. The highest BCUT2D eigenvalue weighted by molar-refractivity contribution is 6.00.